The first kappa shape index (κ1) is 26.8. The number of rotatable bonds is 7. The zero-order valence-electron chi connectivity index (χ0n) is 22.3. The topological polar surface area (TPSA) is 69.6 Å². The number of nitrogens with one attached hydrogen (secondary N) is 1. The van der Waals surface area contributed by atoms with Gasteiger partial charge in [0.2, 0.25) is 0 Å². The third-order valence-electron chi connectivity index (χ3n) is 6.89. The summed E-state index contributed by atoms with van der Waals surface area (Å²) in [5, 5.41) is 13.5. The molecule has 4 aromatic carbocycles. The van der Waals surface area contributed by atoms with E-state index in [0.29, 0.717) is 23.1 Å². The highest BCUT2D eigenvalue weighted by Crippen LogP contribution is 2.32. The van der Waals surface area contributed by atoms with Crippen LogP contribution in [0.15, 0.2) is 103 Å². The van der Waals surface area contributed by atoms with Gasteiger partial charge in [0.25, 0.3) is 11.8 Å². The average molecular weight is 507 g/mol. The molecule has 0 aliphatic carbocycles. The van der Waals surface area contributed by atoms with Crippen LogP contribution in [0.25, 0.3) is 0 Å². The smallest absolute Gasteiger partial charge is 0.279 e. The number of carbonyl (C=O) groups excluding carboxylic acids is 2. The molecule has 0 aromatic heterocycles. The molecule has 0 aliphatic rings. The van der Waals surface area contributed by atoms with Gasteiger partial charge in [-0.15, -0.1) is 0 Å². The van der Waals surface area contributed by atoms with E-state index >= 15 is 0 Å². The molecule has 0 radical (unpaired) electrons. The van der Waals surface area contributed by atoms with Gasteiger partial charge in [0, 0.05) is 5.56 Å². The average Bonchev–Trinajstić information content (AvgIpc) is 2.94. The van der Waals surface area contributed by atoms with Crippen molar-refractivity contribution in [2.75, 3.05) is 0 Å². The maximum Gasteiger partial charge on any atom is 0.279 e. The summed E-state index contributed by atoms with van der Waals surface area (Å²) in [6.07, 6.45) is 0.551. The van der Waals surface area contributed by atoms with Gasteiger partial charge < -0.3 is 5.11 Å². The van der Waals surface area contributed by atoms with E-state index in [9.17, 15) is 14.7 Å². The largest absolute Gasteiger partial charge is 0.372 e. The second kappa shape index (κ2) is 11.4. The molecule has 0 spiro atoms. The van der Waals surface area contributed by atoms with Crippen molar-refractivity contribution in [2.45, 2.75) is 45.8 Å². The Morgan fingerprint density at radius 3 is 1.63 bits per heavy atom. The molecule has 2 amide bonds. The van der Waals surface area contributed by atoms with E-state index in [1.807, 2.05) is 82.3 Å². The fourth-order valence-corrected chi connectivity index (χ4v) is 4.55. The molecule has 0 saturated carbocycles. The van der Waals surface area contributed by atoms with Gasteiger partial charge in [-0.1, -0.05) is 115 Å². The number of hydrogen-bond donors (Lipinski definition) is 2. The molecule has 5 heteroatoms. The minimum absolute atomic E-state index is 0.360. The summed E-state index contributed by atoms with van der Waals surface area (Å²) in [5.41, 5.74) is 6.08. The number of benzene rings is 4. The lowest BCUT2D eigenvalue weighted by Crippen LogP contribution is -2.55. The molecule has 0 heterocycles. The van der Waals surface area contributed by atoms with E-state index in [-0.39, 0.29) is 5.91 Å². The van der Waals surface area contributed by atoms with Crippen LogP contribution in [-0.2, 0) is 10.4 Å². The highest BCUT2D eigenvalue weighted by Gasteiger charge is 2.42. The minimum Gasteiger partial charge on any atom is -0.372 e. The molecular formula is C33H34N2O3. The van der Waals surface area contributed by atoms with E-state index in [0.717, 1.165) is 22.3 Å². The Morgan fingerprint density at radius 1 is 0.737 bits per heavy atom. The van der Waals surface area contributed by atoms with Crippen LogP contribution in [-0.4, -0.2) is 21.9 Å². The van der Waals surface area contributed by atoms with Crippen LogP contribution < -0.4 is 5.43 Å². The quantitative estimate of drug-likeness (QED) is 0.295. The van der Waals surface area contributed by atoms with Crippen molar-refractivity contribution in [1.82, 2.24) is 10.4 Å². The molecule has 0 aliphatic heterocycles. The van der Waals surface area contributed by atoms with Gasteiger partial charge in [-0.2, -0.15) is 0 Å². The highest BCUT2D eigenvalue weighted by molar-refractivity contribution is 5.97. The molecule has 0 unspecified atom stereocenters. The number of hydrazine groups is 1. The van der Waals surface area contributed by atoms with Gasteiger partial charge in [0.1, 0.15) is 0 Å². The van der Waals surface area contributed by atoms with Crippen LogP contribution in [0.3, 0.4) is 0 Å². The fraction of sp³-hybridized carbons (Fsp3) is 0.212. The predicted molar refractivity (Wildman–Crippen MR) is 150 cm³/mol. The summed E-state index contributed by atoms with van der Waals surface area (Å²) >= 11 is 0. The number of hydrogen-bond acceptors (Lipinski definition) is 3. The van der Waals surface area contributed by atoms with Gasteiger partial charge in [0.05, 0.1) is 6.04 Å². The molecular weight excluding hydrogens is 472 g/mol. The summed E-state index contributed by atoms with van der Waals surface area (Å²) < 4.78 is 0. The van der Waals surface area contributed by atoms with Gasteiger partial charge in [0.15, 0.2) is 5.60 Å². The van der Waals surface area contributed by atoms with Gasteiger partial charge in [-0.3, -0.25) is 15.0 Å². The molecule has 1 atom stereocenters. The summed E-state index contributed by atoms with van der Waals surface area (Å²) in [4.78, 5) is 28.0. The number of nitrogens with zero attached hydrogens (tertiary/aromatic N) is 1. The lowest BCUT2D eigenvalue weighted by molar-refractivity contribution is -0.142. The van der Waals surface area contributed by atoms with Crippen LogP contribution >= 0.6 is 0 Å². The Labute approximate surface area is 224 Å². The lowest BCUT2D eigenvalue weighted by Gasteiger charge is -2.36. The Bertz CT molecular complexity index is 1330. The summed E-state index contributed by atoms with van der Waals surface area (Å²) in [6.45, 7) is 7.86. The first-order chi connectivity index (χ1) is 18.2. The van der Waals surface area contributed by atoms with E-state index in [1.54, 1.807) is 48.5 Å². The standard InChI is InChI=1S/C33H34N2O3/c1-5-30(26-17-11-23(2)12-18-26)35(31(36)27-9-7-6-8-10-27)34-32(37)33(38,28-19-13-24(3)14-20-28)29-21-15-25(4)16-22-29/h6-22,30,38H,5H2,1-4H3,(H,34,37)/t30-/m1/s1. The Morgan fingerprint density at radius 2 is 1.18 bits per heavy atom. The van der Waals surface area contributed by atoms with Gasteiger partial charge >= 0.3 is 0 Å². The van der Waals surface area contributed by atoms with Crippen molar-refractivity contribution in [3.05, 3.63) is 142 Å². The molecule has 0 bridgehead atoms. The van der Waals surface area contributed by atoms with Gasteiger partial charge in [-0.25, -0.2) is 5.01 Å². The van der Waals surface area contributed by atoms with Crippen LogP contribution in [0.2, 0.25) is 0 Å². The molecule has 4 rings (SSSR count). The van der Waals surface area contributed by atoms with Crippen molar-refractivity contribution in [2.24, 2.45) is 0 Å². The number of aliphatic hydroxyl groups is 1. The summed E-state index contributed by atoms with van der Waals surface area (Å²) in [7, 11) is 0. The zero-order chi connectivity index (χ0) is 27.3. The number of aryl methyl sites for hydroxylation is 3. The van der Waals surface area contributed by atoms with Crippen molar-refractivity contribution in [3.63, 3.8) is 0 Å². The molecule has 2 N–H and O–H groups in total. The Balaban J connectivity index is 1.81. The molecule has 194 valence electrons. The second-order valence-corrected chi connectivity index (χ2v) is 9.76. The molecule has 4 aromatic rings. The van der Waals surface area contributed by atoms with Crippen LogP contribution in [0.4, 0.5) is 0 Å². The SMILES string of the molecule is CC[C@H](c1ccc(C)cc1)N(NC(=O)C(O)(c1ccc(C)cc1)c1ccc(C)cc1)C(=O)c1ccccc1. The monoisotopic (exact) mass is 506 g/mol. The van der Waals surface area contributed by atoms with Crippen molar-refractivity contribution in [3.8, 4) is 0 Å². The maximum absolute atomic E-state index is 14.1. The maximum atomic E-state index is 14.1. The third kappa shape index (κ3) is 5.53. The van der Waals surface area contributed by atoms with Crippen molar-refractivity contribution >= 4 is 11.8 Å². The van der Waals surface area contributed by atoms with Crippen molar-refractivity contribution < 1.29 is 14.7 Å². The van der Waals surface area contributed by atoms with E-state index < -0.39 is 17.6 Å². The molecule has 0 fully saturated rings. The Kier molecular flexibility index (Phi) is 8.08. The van der Waals surface area contributed by atoms with E-state index in [2.05, 4.69) is 5.43 Å². The van der Waals surface area contributed by atoms with Crippen LogP contribution in [0.1, 0.15) is 63.1 Å². The summed E-state index contributed by atoms with van der Waals surface area (Å²) in [5.74, 6) is -1.07. The third-order valence-corrected chi connectivity index (χ3v) is 6.89. The number of carbonyl (C=O) groups is 2. The lowest BCUT2D eigenvalue weighted by atomic mass is 9.85. The van der Waals surface area contributed by atoms with Crippen LogP contribution in [0.5, 0.6) is 0 Å². The van der Waals surface area contributed by atoms with E-state index in [1.165, 1.54) is 5.01 Å². The fourth-order valence-electron chi connectivity index (χ4n) is 4.55. The predicted octanol–water partition coefficient (Wildman–Crippen LogP) is 6.17. The Hall–Kier alpha value is -4.22. The highest BCUT2D eigenvalue weighted by atomic mass is 16.3. The normalized spacial score (nSPS) is 12.0. The number of amides is 2. The first-order valence-electron chi connectivity index (χ1n) is 12.9. The first-order valence-corrected chi connectivity index (χ1v) is 12.9. The van der Waals surface area contributed by atoms with Crippen LogP contribution in [0, 0.1) is 20.8 Å². The second-order valence-electron chi connectivity index (χ2n) is 9.76. The molecule has 0 saturated heterocycles. The molecule has 5 nitrogen and oxygen atoms in total. The minimum atomic E-state index is -2.03. The van der Waals surface area contributed by atoms with Crippen molar-refractivity contribution in [1.29, 1.82) is 0 Å². The molecule has 38 heavy (non-hydrogen) atoms. The van der Waals surface area contributed by atoms with Gasteiger partial charge in [-0.05, 0) is 56.0 Å². The summed E-state index contributed by atoms with van der Waals surface area (Å²) in [6, 6.07) is 30.7. The van der Waals surface area contributed by atoms with E-state index in [4.69, 9.17) is 0 Å². The zero-order valence-corrected chi connectivity index (χ0v) is 22.3.